The van der Waals surface area contributed by atoms with Gasteiger partial charge in [-0.25, -0.2) is 9.78 Å². The normalized spacial score (nSPS) is 11.9. The zero-order chi connectivity index (χ0) is 14.5. The van der Waals surface area contributed by atoms with Crippen LogP contribution in [0.3, 0.4) is 0 Å². The number of pyridine rings is 1. The zero-order valence-corrected chi connectivity index (χ0v) is 11.6. The van der Waals surface area contributed by atoms with Crippen molar-refractivity contribution in [1.82, 2.24) is 4.98 Å². The first-order valence-electron chi connectivity index (χ1n) is 6.67. The number of carbonyl (C=O) groups is 1. The van der Waals surface area contributed by atoms with E-state index in [9.17, 15) is 4.79 Å². The fraction of sp³-hybridized carbons (Fsp3) is 0.250. The van der Waals surface area contributed by atoms with Gasteiger partial charge in [-0.15, -0.1) is 0 Å². The van der Waals surface area contributed by atoms with Gasteiger partial charge in [0.1, 0.15) is 11.4 Å². The number of hydrogen-bond acceptors (Lipinski definition) is 3. The third-order valence-electron chi connectivity index (χ3n) is 3.39. The maximum absolute atomic E-state index is 11.1. The van der Waals surface area contributed by atoms with Gasteiger partial charge in [0.2, 0.25) is 0 Å². The van der Waals surface area contributed by atoms with Crippen LogP contribution in [0.4, 0.5) is 11.5 Å². The second-order valence-electron chi connectivity index (χ2n) is 4.76. The van der Waals surface area contributed by atoms with Crippen molar-refractivity contribution in [2.24, 2.45) is 0 Å². The Morgan fingerprint density at radius 2 is 2.00 bits per heavy atom. The van der Waals surface area contributed by atoms with Crippen LogP contribution in [0.2, 0.25) is 0 Å². The van der Waals surface area contributed by atoms with E-state index in [1.54, 1.807) is 12.3 Å². The first kappa shape index (κ1) is 14.1. The van der Waals surface area contributed by atoms with E-state index in [1.165, 1.54) is 11.6 Å². The predicted octanol–water partition coefficient (Wildman–Crippen LogP) is 4.04. The number of benzene rings is 1. The molecule has 0 aliphatic carbocycles. The van der Waals surface area contributed by atoms with Gasteiger partial charge in [0, 0.05) is 11.9 Å². The van der Waals surface area contributed by atoms with Crippen LogP contribution in [-0.2, 0) is 0 Å². The highest BCUT2D eigenvalue weighted by molar-refractivity contribution is 5.93. The largest absolute Gasteiger partial charge is 0.478 e. The fourth-order valence-corrected chi connectivity index (χ4v) is 1.94. The smallest absolute Gasteiger partial charge is 0.339 e. The molecule has 0 fully saturated rings. The number of aromatic nitrogens is 1. The molecule has 0 bridgehead atoms. The summed E-state index contributed by atoms with van der Waals surface area (Å²) in [6.07, 6.45) is 2.67. The monoisotopic (exact) mass is 270 g/mol. The molecule has 1 aromatic heterocycles. The van der Waals surface area contributed by atoms with Crippen molar-refractivity contribution < 1.29 is 9.90 Å². The molecule has 1 atom stereocenters. The van der Waals surface area contributed by atoms with Crippen molar-refractivity contribution in [2.45, 2.75) is 26.2 Å². The molecule has 0 spiro atoms. The number of nitrogens with one attached hydrogen (secondary N) is 1. The molecule has 0 radical (unpaired) electrons. The van der Waals surface area contributed by atoms with Crippen molar-refractivity contribution in [2.75, 3.05) is 5.32 Å². The van der Waals surface area contributed by atoms with Crippen molar-refractivity contribution in [3.8, 4) is 0 Å². The Bertz CT molecular complexity index is 594. The first-order valence-corrected chi connectivity index (χ1v) is 6.67. The van der Waals surface area contributed by atoms with Crippen LogP contribution in [-0.4, -0.2) is 16.1 Å². The average Bonchev–Trinajstić information content (AvgIpc) is 2.47. The summed E-state index contributed by atoms with van der Waals surface area (Å²) in [4.78, 5) is 15.2. The Morgan fingerprint density at radius 1 is 1.30 bits per heavy atom. The van der Waals surface area contributed by atoms with Crippen LogP contribution in [0.25, 0.3) is 0 Å². The Balaban J connectivity index is 2.20. The topological polar surface area (TPSA) is 62.2 Å². The van der Waals surface area contributed by atoms with Crippen LogP contribution in [0, 0.1) is 0 Å². The second-order valence-corrected chi connectivity index (χ2v) is 4.76. The highest BCUT2D eigenvalue weighted by Crippen LogP contribution is 2.23. The molecule has 0 unspecified atom stereocenters. The molecule has 1 aromatic carbocycles. The number of rotatable bonds is 5. The number of nitrogens with zero attached hydrogens (tertiary/aromatic N) is 1. The summed E-state index contributed by atoms with van der Waals surface area (Å²) in [6.45, 7) is 4.34. The van der Waals surface area contributed by atoms with Crippen LogP contribution < -0.4 is 5.32 Å². The van der Waals surface area contributed by atoms with Crippen molar-refractivity contribution >= 4 is 17.5 Å². The minimum absolute atomic E-state index is 0.165. The summed E-state index contributed by atoms with van der Waals surface area (Å²) in [5, 5.41) is 12.2. The lowest BCUT2D eigenvalue weighted by Gasteiger charge is -2.11. The van der Waals surface area contributed by atoms with Gasteiger partial charge in [-0.2, -0.15) is 0 Å². The zero-order valence-electron chi connectivity index (χ0n) is 11.6. The lowest BCUT2D eigenvalue weighted by Crippen LogP contribution is -2.04. The van der Waals surface area contributed by atoms with Crippen molar-refractivity contribution in [3.05, 3.63) is 53.7 Å². The van der Waals surface area contributed by atoms with E-state index in [0.29, 0.717) is 11.7 Å². The molecule has 4 nitrogen and oxygen atoms in total. The molecular formula is C16H18N2O2. The van der Waals surface area contributed by atoms with Crippen molar-refractivity contribution in [3.63, 3.8) is 0 Å². The molecule has 0 amide bonds. The summed E-state index contributed by atoms with van der Waals surface area (Å²) in [7, 11) is 0. The molecule has 0 saturated carbocycles. The highest BCUT2D eigenvalue weighted by Gasteiger charge is 2.10. The second kappa shape index (κ2) is 6.19. The van der Waals surface area contributed by atoms with Crippen molar-refractivity contribution in [1.29, 1.82) is 0 Å². The average molecular weight is 270 g/mol. The van der Waals surface area contributed by atoms with E-state index in [2.05, 4.69) is 36.3 Å². The molecule has 2 N–H and O–H groups in total. The molecule has 0 aliphatic rings. The molecule has 0 saturated heterocycles. The van der Waals surface area contributed by atoms with E-state index in [-0.39, 0.29) is 5.56 Å². The lowest BCUT2D eigenvalue weighted by molar-refractivity contribution is 0.0697. The van der Waals surface area contributed by atoms with Gasteiger partial charge in [-0.1, -0.05) is 26.0 Å². The van der Waals surface area contributed by atoms with Crippen LogP contribution in [0.5, 0.6) is 0 Å². The number of carboxylic acids is 1. The highest BCUT2D eigenvalue weighted by atomic mass is 16.4. The van der Waals surface area contributed by atoms with Gasteiger partial charge in [0.05, 0.1) is 0 Å². The maximum Gasteiger partial charge on any atom is 0.339 e. The summed E-state index contributed by atoms with van der Waals surface area (Å²) < 4.78 is 0. The summed E-state index contributed by atoms with van der Waals surface area (Å²) in [5.41, 5.74) is 2.27. The molecule has 2 rings (SSSR count). The predicted molar refractivity (Wildman–Crippen MR) is 79.6 cm³/mol. The van der Waals surface area contributed by atoms with Gasteiger partial charge < -0.3 is 10.4 Å². The van der Waals surface area contributed by atoms with Crippen LogP contribution >= 0.6 is 0 Å². The van der Waals surface area contributed by atoms with Crippen LogP contribution in [0.1, 0.15) is 42.1 Å². The number of hydrogen-bond donors (Lipinski definition) is 2. The fourth-order valence-electron chi connectivity index (χ4n) is 1.94. The van der Waals surface area contributed by atoms with Crippen LogP contribution in [0.15, 0.2) is 42.6 Å². The van der Waals surface area contributed by atoms with E-state index in [0.717, 1.165) is 12.1 Å². The Kier molecular flexibility index (Phi) is 4.35. The summed E-state index contributed by atoms with van der Waals surface area (Å²) in [5.74, 6) is -0.110. The SMILES string of the molecule is CC[C@H](C)c1ccc(Nc2ncccc2C(=O)O)cc1. The van der Waals surface area contributed by atoms with E-state index >= 15 is 0 Å². The molecular weight excluding hydrogens is 252 g/mol. The third kappa shape index (κ3) is 3.15. The summed E-state index contributed by atoms with van der Waals surface area (Å²) in [6, 6.07) is 11.1. The van der Waals surface area contributed by atoms with Gasteiger partial charge in [0.15, 0.2) is 0 Å². The number of anilines is 2. The number of carboxylic acid groups (broad SMARTS) is 1. The standard InChI is InChI=1S/C16H18N2O2/c1-3-11(2)12-6-8-13(9-7-12)18-15-14(16(19)20)5-4-10-17-15/h4-11H,3H2,1-2H3,(H,17,18)(H,19,20)/t11-/m0/s1. The Morgan fingerprint density at radius 3 is 2.60 bits per heavy atom. The number of aromatic carboxylic acids is 1. The minimum Gasteiger partial charge on any atom is -0.478 e. The molecule has 4 heteroatoms. The van der Waals surface area contributed by atoms with E-state index in [4.69, 9.17) is 5.11 Å². The van der Waals surface area contributed by atoms with Gasteiger partial charge in [0.25, 0.3) is 0 Å². The quantitative estimate of drug-likeness (QED) is 0.860. The Hall–Kier alpha value is -2.36. The lowest BCUT2D eigenvalue weighted by atomic mass is 9.99. The molecule has 1 heterocycles. The molecule has 2 aromatic rings. The molecule has 0 aliphatic heterocycles. The van der Waals surface area contributed by atoms with E-state index < -0.39 is 5.97 Å². The van der Waals surface area contributed by atoms with Gasteiger partial charge in [-0.05, 0) is 42.2 Å². The Labute approximate surface area is 118 Å². The summed E-state index contributed by atoms with van der Waals surface area (Å²) >= 11 is 0. The van der Waals surface area contributed by atoms with Gasteiger partial charge >= 0.3 is 5.97 Å². The third-order valence-corrected chi connectivity index (χ3v) is 3.39. The molecule has 20 heavy (non-hydrogen) atoms. The molecule has 104 valence electrons. The van der Waals surface area contributed by atoms with E-state index in [1.807, 2.05) is 12.1 Å². The van der Waals surface area contributed by atoms with Gasteiger partial charge in [-0.3, -0.25) is 0 Å². The first-order chi connectivity index (χ1) is 9.61. The maximum atomic E-state index is 11.1. The minimum atomic E-state index is -0.989.